The Kier molecular flexibility index (Phi) is 3.79. The van der Waals surface area contributed by atoms with Crippen molar-refractivity contribution < 1.29 is 4.42 Å². The molecule has 0 aliphatic carbocycles. The van der Waals surface area contributed by atoms with Gasteiger partial charge in [0.2, 0.25) is 0 Å². The molecule has 0 bridgehead atoms. The molecule has 0 saturated heterocycles. The Morgan fingerprint density at radius 1 is 1.11 bits per heavy atom. The smallest absolute Gasteiger partial charge is 0.106 e. The maximum Gasteiger partial charge on any atom is 0.106 e. The van der Waals surface area contributed by atoms with Gasteiger partial charge in [-0.2, -0.15) is 0 Å². The Morgan fingerprint density at radius 3 is 2.33 bits per heavy atom. The van der Waals surface area contributed by atoms with Crippen LogP contribution in [-0.4, -0.2) is 7.05 Å². The third kappa shape index (κ3) is 2.60. The predicted molar refractivity (Wildman–Crippen MR) is 75.3 cm³/mol. The van der Waals surface area contributed by atoms with E-state index in [2.05, 4.69) is 24.4 Å². The molecule has 0 radical (unpaired) electrons. The normalized spacial score (nSPS) is 12.7. The van der Waals surface area contributed by atoms with E-state index in [0.717, 1.165) is 33.2 Å². The lowest BCUT2D eigenvalue weighted by Gasteiger charge is -2.17. The summed E-state index contributed by atoms with van der Waals surface area (Å²) in [4.78, 5) is 0. The summed E-state index contributed by atoms with van der Waals surface area (Å²) in [5.41, 5.74) is 3.48. The van der Waals surface area contributed by atoms with Gasteiger partial charge < -0.3 is 9.73 Å². The molecule has 2 rings (SSSR count). The van der Waals surface area contributed by atoms with E-state index in [1.807, 2.05) is 33.0 Å². The first-order chi connectivity index (χ1) is 8.51. The Morgan fingerprint density at radius 2 is 1.83 bits per heavy atom. The van der Waals surface area contributed by atoms with Gasteiger partial charge in [-0.3, -0.25) is 0 Å². The zero-order chi connectivity index (χ0) is 13.3. The van der Waals surface area contributed by atoms with Crippen LogP contribution in [-0.2, 0) is 0 Å². The Labute approximate surface area is 113 Å². The van der Waals surface area contributed by atoms with Gasteiger partial charge in [0, 0.05) is 10.6 Å². The van der Waals surface area contributed by atoms with Crippen molar-refractivity contribution in [3.05, 3.63) is 57.5 Å². The second-order valence-electron chi connectivity index (χ2n) is 4.65. The van der Waals surface area contributed by atoms with Crippen LogP contribution in [0.15, 0.2) is 28.7 Å². The summed E-state index contributed by atoms with van der Waals surface area (Å²) in [6, 6.07) is 8.30. The maximum absolute atomic E-state index is 6.13. The zero-order valence-corrected chi connectivity index (χ0v) is 11.9. The zero-order valence-electron chi connectivity index (χ0n) is 11.2. The van der Waals surface area contributed by atoms with E-state index in [4.69, 9.17) is 16.0 Å². The fraction of sp³-hybridized carbons (Fsp3) is 0.333. The molecular weight excluding hydrogens is 246 g/mol. The van der Waals surface area contributed by atoms with Crippen molar-refractivity contribution in [2.75, 3.05) is 7.05 Å². The quantitative estimate of drug-likeness (QED) is 0.899. The van der Waals surface area contributed by atoms with E-state index in [1.165, 1.54) is 0 Å². The van der Waals surface area contributed by atoms with Crippen molar-refractivity contribution in [2.24, 2.45) is 0 Å². The lowest BCUT2D eigenvalue weighted by molar-refractivity contribution is 0.497. The molecular formula is C15H18ClNO. The molecule has 3 heteroatoms. The molecule has 1 heterocycles. The first kappa shape index (κ1) is 13.2. The van der Waals surface area contributed by atoms with Gasteiger partial charge in [-0.05, 0) is 57.1 Å². The van der Waals surface area contributed by atoms with Gasteiger partial charge in [-0.1, -0.05) is 17.7 Å². The maximum atomic E-state index is 6.13. The summed E-state index contributed by atoms with van der Waals surface area (Å²) >= 11 is 6.13. The van der Waals surface area contributed by atoms with Gasteiger partial charge >= 0.3 is 0 Å². The summed E-state index contributed by atoms with van der Waals surface area (Å²) in [5, 5.41) is 4.09. The van der Waals surface area contributed by atoms with Crippen LogP contribution in [0.2, 0.25) is 5.02 Å². The van der Waals surface area contributed by atoms with Crippen molar-refractivity contribution >= 4 is 11.6 Å². The minimum absolute atomic E-state index is 0.111. The second kappa shape index (κ2) is 5.17. The van der Waals surface area contributed by atoms with E-state index in [9.17, 15) is 0 Å². The molecule has 0 aliphatic rings. The predicted octanol–water partition coefficient (Wildman–Crippen LogP) is 4.17. The monoisotopic (exact) mass is 263 g/mol. The van der Waals surface area contributed by atoms with Gasteiger partial charge in [0.1, 0.15) is 11.5 Å². The molecule has 0 saturated carbocycles. The van der Waals surface area contributed by atoms with Crippen molar-refractivity contribution in [2.45, 2.75) is 26.8 Å². The fourth-order valence-electron chi connectivity index (χ4n) is 2.37. The Hall–Kier alpha value is -1.25. The summed E-state index contributed by atoms with van der Waals surface area (Å²) in [5.74, 6) is 1.88. The molecule has 2 nitrogen and oxygen atoms in total. The highest BCUT2D eigenvalue weighted by Gasteiger charge is 2.18. The van der Waals surface area contributed by atoms with Crippen LogP contribution in [0, 0.1) is 20.8 Å². The average Bonchev–Trinajstić information content (AvgIpc) is 2.58. The highest BCUT2D eigenvalue weighted by molar-refractivity contribution is 6.30. The van der Waals surface area contributed by atoms with E-state index >= 15 is 0 Å². The lowest BCUT2D eigenvalue weighted by Crippen LogP contribution is -2.18. The number of furan rings is 1. The number of benzene rings is 1. The summed E-state index contributed by atoms with van der Waals surface area (Å²) in [6.45, 7) is 6.01. The highest BCUT2D eigenvalue weighted by atomic mass is 35.5. The molecule has 18 heavy (non-hydrogen) atoms. The fourth-order valence-corrected chi connectivity index (χ4v) is 2.67. The number of nitrogens with one attached hydrogen (secondary N) is 1. The van der Waals surface area contributed by atoms with E-state index < -0.39 is 0 Å². The topological polar surface area (TPSA) is 25.2 Å². The molecule has 1 atom stereocenters. The molecule has 0 spiro atoms. The summed E-state index contributed by atoms with van der Waals surface area (Å²) in [7, 11) is 1.95. The molecule has 0 amide bonds. The summed E-state index contributed by atoms with van der Waals surface area (Å²) in [6.07, 6.45) is 0. The van der Waals surface area contributed by atoms with Crippen molar-refractivity contribution in [3.63, 3.8) is 0 Å². The van der Waals surface area contributed by atoms with Crippen molar-refractivity contribution in [1.82, 2.24) is 5.32 Å². The van der Waals surface area contributed by atoms with Gasteiger partial charge in [0.25, 0.3) is 0 Å². The third-order valence-electron chi connectivity index (χ3n) is 3.08. The molecule has 96 valence electrons. The Bertz CT molecular complexity index is 539. The van der Waals surface area contributed by atoms with Crippen LogP contribution < -0.4 is 5.32 Å². The van der Waals surface area contributed by atoms with Crippen LogP contribution >= 0.6 is 11.6 Å². The van der Waals surface area contributed by atoms with Gasteiger partial charge in [0.15, 0.2) is 0 Å². The Balaban J connectivity index is 2.48. The molecule has 2 aromatic rings. The molecule has 1 aromatic carbocycles. The molecule has 0 fully saturated rings. The first-order valence-electron chi connectivity index (χ1n) is 6.02. The van der Waals surface area contributed by atoms with E-state index in [-0.39, 0.29) is 6.04 Å². The molecule has 1 unspecified atom stereocenters. The summed E-state index contributed by atoms with van der Waals surface area (Å²) < 4.78 is 5.61. The van der Waals surface area contributed by atoms with Crippen LogP contribution in [0.5, 0.6) is 0 Å². The van der Waals surface area contributed by atoms with Gasteiger partial charge in [0.05, 0.1) is 6.04 Å². The SMILES string of the molecule is CNC(c1cc(C)cc(Cl)c1)c1cc(C)oc1C. The number of hydrogen-bond acceptors (Lipinski definition) is 2. The number of rotatable bonds is 3. The third-order valence-corrected chi connectivity index (χ3v) is 3.30. The molecule has 1 aromatic heterocycles. The standard InChI is InChI=1S/C15H18ClNO/c1-9-5-12(8-13(16)6-9)15(17-4)14-7-10(2)18-11(14)3/h5-8,15,17H,1-4H3. The van der Waals surface area contributed by atoms with Crippen LogP contribution in [0.3, 0.4) is 0 Å². The van der Waals surface area contributed by atoms with Crippen LogP contribution in [0.1, 0.15) is 34.3 Å². The minimum atomic E-state index is 0.111. The second-order valence-corrected chi connectivity index (χ2v) is 5.09. The van der Waals surface area contributed by atoms with Gasteiger partial charge in [-0.25, -0.2) is 0 Å². The van der Waals surface area contributed by atoms with Crippen molar-refractivity contribution in [1.29, 1.82) is 0 Å². The number of aryl methyl sites for hydroxylation is 3. The average molecular weight is 264 g/mol. The number of hydrogen-bond donors (Lipinski definition) is 1. The minimum Gasteiger partial charge on any atom is -0.466 e. The first-order valence-corrected chi connectivity index (χ1v) is 6.40. The molecule has 0 aliphatic heterocycles. The van der Waals surface area contributed by atoms with E-state index in [0.29, 0.717) is 0 Å². The highest BCUT2D eigenvalue weighted by Crippen LogP contribution is 2.29. The van der Waals surface area contributed by atoms with Crippen molar-refractivity contribution in [3.8, 4) is 0 Å². The number of halogens is 1. The largest absolute Gasteiger partial charge is 0.466 e. The van der Waals surface area contributed by atoms with E-state index in [1.54, 1.807) is 0 Å². The van der Waals surface area contributed by atoms with Crippen LogP contribution in [0.25, 0.3) is 0 Å². The lowest BCUT2D eigenvalue weighted by atomic mass is 9.97. The molecule has 1 N–H and O–H groups in total. The van der Waals surface area contributed by atoms with Crippen LogP contribution in [0.4, 0.5) is 0 Å². The van der Waals surface area contributed by atoms with Gasteiger partial charge in [-0.15, -0.1) is 0 Å².